The minimum Gasteiger partial charge on any atom is -0.469 e. The van der Waals surface area contributed by atoms with Crippen LogP contribution in [0, 0.1) is 5.92 Å². The third kappa shape index (κ3) is 6.45. The summed E-state index contributed by atoms with van der Waals surface area (Å²) in [5.41, 5.74) is 0. The largest absolute Gasteiger partial charge is 0.469 e. The highest BCUT2D eigenvalue weighted by molar-refractivity contribution is 5.72. The Bertz CT molecular complexity index is 394. The van der Waals surface area contributed by atoms with Gasteiger partial charge in [-0.2, -0.15) is 0 Å². The van der Waals surface area contributed by atoms with Gasteiger partial charge in [-0.15, -0.1) is 0 Å². The van der Waals surface area contributed by atoms with Crippen LogP contribution in [0.4, 0.5) is 0 Å². The molecular formula is C18H30O5. The molecule has 1 rings (SSSR count). The number of esters is 1. The molecule has 0 aromatic rings. The molecule has 3 unspecified atom stereocenters. The van der Waals surface area contributed by atoms with Crippen molar-refractivity contribution in [3.8, 4) is 0 Å². The van der Waals surface area contributed by atoms with E-state index in [4.69, 9.17) is 19.2 Å². The molecule has 0 aromatic carbocycles. The number of hydrogen-bond donors (Lipinski definition) is 0. The van der Waals surface area contributed by atoms with Gasteiger partial charge in [0, 0.05) is 20.0 Å². The highest BCUT2D eigenvalue weighted by atomic mass is 17.2. The molecule has 0 N–H and O–H groups in total. The van der Waals surface area contributed by atoms with Gasteiger partial charge in [-0.05, 0) is 32.6 Å². The van der Waals surface area contributed by atoms with Gasteiger partial charge in [-0.3, -0.25) is 4.79 Å². The van der Waals surface area contributed by atoms with E-state index in [1.165, 1.54) is 7.11 Å². The summed E-state index contributed by atoms with van der Waals surface area (Å²) in [6.45, 7) is 3.90. The summed E-state index contributed by atoms with van der Waals surface area (Å²) in [6, 6.07) is 0. The van der Waals surface area contributed by atoms with Crippen LogP contribution < -0.4 is 0 Å². The van der Waals surface area contributed by atoms with Gasteiger partial charge in [-0.1, -0.05) is 31.2 Å². The molecule has 23 heavy (non-hydrogen) atoms. The zero-order chi connectivity index (χ0) is 17.1. The Morgan fingerprint density at radius 2 is 2.09 bits per heavy atom. The second-order valence-corrected chi connectivity index (χ2v) is 5.84. The lowest BCUT2D eigenvalue weighted by atomic mass is 9.94. The van der Waals surface area contributed by atoms with E-state index in [-0.39, 0.29) is 18.0 Å². The lowest BCUT2D eigenvalue weighted by Crippen LogP contribution is -2.44. The number of rotatable bonds is 9. The smallest absolute Gasteiger partial charge is 0.311 e. The summed E-state index contributed by atoms with van der Waals surface area (Å²) < 4.78 is 10.3. The second kappa shape index (κ2) is 10.6. The van der Waals surface area contributed by atoms with Gasteiger partial charge >= 0.3 is 5.97 Å². The summed E-state index contributed by atoms with van der Waals surface area (Å²) in [7, 11) is 3.01. The SMILES string of the molecule is CCC=CC=CCCCC1(OC)CCC(C(C)C(=O)OC)OO1. The number of ether oxygens (including phenoxy) is 2. The Kier molecular flexibility index (Phi) is 9.14. The van der Waals surface area contributed by atoms with E-state index in [0.29, 0.717) is 12.8 Å². The molecule has 1 fully saturated rings. The first-order chi connectivity index (χ1) is 11.1. The van der Waals surface area contributed by atoms with Gasteiger partial charge in [0.15, 0.2) is 0 Å². The standard InChI is InChI=1S/C18H30O5/c1-5-6-7-8-9-10-11-13-18(21-4)14-12-16(22-23-18)15(2)17(19)20-3/h6-9,15-16H,5,10-14H2,1-4H3. The molecule has 0 amide bonds. The predicted molar refractivity (Wildman–Crippen MR) is 88.5 cm³/mol. The van der Waals surface area contributed by atoms with Crippen molar-refractivity contribution < 1.29 is 24.0 Å². The first-order valence-electron chi connectivity index (χ1n) is 8.37. The first-order valence-corrected chi connectivity index (χ1v) is 8.37. The molecule has 5 heteroatoms. The van der Waals surface area contributed by atoms with Crippen molar-refractivity contribution in [2.24, 2.45) is 5.92 Å². The number of hydrogen-bond acceptors (Lipinski definition) is 5. The van der Waals surface area contributed by atoms with Gasteiger partial charge in [0.2, 0.25) is 5.79 Å². The summed E-state index contributed by atoms with van der Waals surface area (Å²) in [5.74, 6) is -1.34. The molecule has 0 radical (unpaired) electrons. The summed E-state index contributed by atoms with van der Waals surface area (Å²) in [4.78, 5) is 22.5. The predicted octanol–water partition coefficient (Wildman–Crippen LogP) is 3.94. The fraction of sp³-hybridized carbons (Fsp3) is 0.722. The number of methoxy groups -OCH3 is 2. The van der Waals surface area contributed by atoms with E-state index in [2.05, 4.69) is 31.2 Å². The van der Waals surface area contributed by atoms with Gasteiger partial charge in [0.1, 0.15) is 6.10 Å². The zero-order valence-corrected chi connectivity index (χ0v) is 14.7. The van der Waals surface area contributed by atoms with Crippen molar-refractivity contribution in [1.29, 1.82) is 0 Å². The van der Waals surface area contributed by atoms with Crippen LogP contribution in [0.2, 0.25) is 0 Å². The third-order valence-electron chi connectivity index (χ3n) is 4.18. The highest BCUT2D eigenvalue weighted by Crippen LogP contribution is 2.34. The Morgan fingerprint density at radius 1 is 1.35 bits per heavy atom. The van der Waals surface area contributed by atoms with Crippen LogP contribution in [0.1, 0.15) is 52.4 Å². The van der Waals surface area contributed by atoms with Crippen LogP contribution in [0.25, 0.3) is 0 Å². The van der Waals surface area contributed by atoms with E-state index < -0.39 is 5.79 Å². The van der Waals surface area contributed by atoms with E-state index in [9.17, 15) is 4.79 Å². The summed E-state index contributed by atoms with van der Waals surface area (Å²) in [5, 5.41) is 0. The molecule has 3 atom stereocenters. The average molecular weight is 326 g/mol. The molecule has 1 aliphatic heterocycles. The number of carbonyl (C=O) groups excluding carboxylic acids is 1. The first kappa shape index (κ1) is 19.9. The van der Waals surface area contributed by atoms with Gasteiger partial charge in [0.05, 0.1) is 13.0 Å². The maximum absolute atomic E-state index is 11.6. The molecule has 1 heterocycles. The molecule has 0 aromatic heterocycles. The quantitative estimate of drug-likeness (QED) is 0.278. The van der Waals surface area contributed by atoms with E-state index >= 15 is 0 Å². The molecule has 132 valence electrons. The highest BCUT2D eigenvalue weighted by Gasteiger charge is 2.41. The Balaban J connectivity index is 2.38. The fourth-order valence-electron chi connectivity index (χ4n) is 2.56. The molecule has 0 spiro atoms. The zero-order valence-electron chi connectivity index (χ0n) is 14.7. The van der Waals surface area contributed by atoms with Crippen molar-refractivity contribution in [3.63, 3.8) is 0 Å². The number of unbranched alkanes of at least 4 members (excludes halogenated alkanes) is 1. The lowest BCUT2D eigenvalue weighted by Gasteiger charge is -2.38. The van der Waals surface area contributed by atoms with Crippen LogP contribution in [-0.4, -0.2) is 32.1 Å². The molecule has 5 nitrogen and oxygen atoms in total. The topological polar surface area (TPSA) is 54.0 Å². The molecule has 0 saturated carbocycles. The molecule has 0 bridgehead atoms. The lowest BCUT2D eigenvalue weighted by molar-refractivity contribution is -0.469. The molecule has 1 aliphatic rings. The maximum atomic E-state index is 11.6. The molecule has 0 aliphatic carbocycles. The van der Waals surface area contributed by atoms with Crippen LogP contribution >= 0.6 is 0 Å². The minimum absolute atomic E-state index is 0.284. The minimum atomic E-state index is -0.709. The Labute approximate surface area is 139 Å². The number of carbonyl (C=O) groups is 1. The Morgan fingerprint density at radius 3 is 2.65 bits per heavy atom. The van der Waals surface area contributed by atoms with Crippen molar-refractivity contribution in [3.05, 3.63) is 24.3 Å². The van der Waals surface area contributed by atoms with Crippen LogP contribution in [-0.2, 0) is 24.0 Å². The second-order valence-electron chi connectivity index (χ2n) is 5.84. The molecule has 1 saturated heterocycles. The van der Waals surface area contributed by atoms with E-state index in [1.807, 2.05) is 0 Å². The average Bonchev–Trinajstić information content (AvgIpc) is 2.60. The summed E-state index contributed by atoms with van der Waals surface area (Å²) in [6.07, 6.45) is 13.2. The van der Waals surface area contributed by atoms with Crippen LogP contribution in [0.5, 0.6) is 0 Å². The molecular weight excluding hydrogens is 296 g/mol. The summed E-state index contributed by atoms with van der Waals surface area (Å²) >= 11 is 0. The van der Waals surface area contributed by atoms with Crippen molar-refractivity contribution in [2.75, 3.05) is 14.2 Å². The fourth-order valence-corrected chi connectivity index (χ4v) is 2.56. The van der Waals surface area contributed by atoms with Gasteiger partial charge in [0.25, 0.3) is 0 Å². The Hall–Kier alpha value is -1.17. The number of allylic oxidation sites excluding steroid dienone is 4. The van der Waals surface area contributed by atoms with Crippen molar-refractivity contribution in [1.82, 2.24) is 0 Å². The van der Waals surface area contributed by atoms with Gasteiger partial charge in [-0.25, -0.2) is 9.78 Å². The monoisotopic (exact) mass is 326 g/mol. The van der Waals surface area contributed by atoms with E-state index in [1.54, 1.807) is 14.0 Å². The maximum Gasteiger partial charge on any atom is 0.311 e. The van der Waals surface area contributed by atoms with Crippen molar-refractivity contribution in [2.45, 2.75) is 64.3 Å². The van der Waals surface area contributed by atoms with E-state index in [0.717, 1.165) is 25.7 Å². The van der Waals surface area contributed by atoms with Crippen LogP contribution in [0.15, 0.2) is 24.3 Å². The normalized spacial score (nSPS) is 26.7. The third-order valence-corrected chi connectivity index (χ3v) is 4.18. The van der Waals surface area contributed by atoms with Crippen LogP contribution in [0.3, 0.4) is 0 Å². The van der Waals surface area contributed by atoms with Crippen molar-refractivity contribution >= 4 is 5.97 Å². The van der Waals surface area contributed by atoms with Gasteiger partial charge < -0.3 is 9.47 Å².